The maximum absolute atomic E-state index is 5.87. The number of aromatic nitrogens is 1. The standard InChI is InChI=1S/C16H21N3/c1-11-5-2-6-12(11)16(19-17)14-7-3-9-15-13(14)8-4-10-18-15/h3-4,7-12,16,19H,2,5-6,17H2,1H3. The van der Waals surface area contributed by atoms with Crippen LogP contribution < -0.4 is 11.3 Å². The van der Waals surface area contributed by atoms with Crippen molar-refractivity contribution in [2.45, 2.75) is 32.2 Å². The van der Waals surface area contributed by atoms with Gasteiger partial charge in [0.25, 0.3) is 0 Å². The van der Waals surface area contributed by atoms with Gasteiger partial charge in [-0.25, -0.2) is 0 Å². The van der Waals surface area contributed by atoms with Crippen LogP contribution in [0.3, 0.4) is 0 Å². The third-order valence-corrected chi connectivity index (χ3v) is 4.55. The van der Waals surface area contributed by atoms with Gasteiger partial charge >= 0.3 is 0 Å². The number of pyridine rings is 1. The Kier molecular flexibility index (Phi) is 3.49. The van der Waals surface area contributed by atoms with Gasteiger partial charge in [0.05, 0.1) is 5.52 Å². The fourth-order valence-corrected chi connectivity index (χ4v) is 3.51. The highest BCUT2D eigenvalue weighted by molar-refractivity contribution is 5.82. The third kappa shape index (κ3) is 2.24. The minimum absolute atomic E-state index is 0.227. The van der Waals surface area contributed by atoms with E-state index < -0.39 is 0 Å². The Labute approximate surface area is 114 Å². The molecule has 3 atom stereocenters. The van der Waals surface area contributed by atoms with E-state index in [0.29, 0.717) is 5.92 Å². The fourth-order valence-electron chi connectivity index (χ4n) is 3.51. The van der Waals surface area contributed by atoms with Gasteiger partial charge in [0.15, 0.2) is 0 Å². The molecule has 1 heterocycles. The highest BCUT2D eigenvalue weighted by Gasteiger charge is 2.31. The molecule has 3 N–H and O–H groups in total. The number of nitrogens with zero attached hydrogens (tertiary/aromatic N) is 1. The molecule has 3 unspecified atom stereocenters. The summed E-state index contributed by atoms with van der Waals surface area (Å²) < 4.78 is 0. The number of hydrogen-bond acceptors (Lipinski definition) is 3. The van der Waals surface area contributed by atoms with E-state index >= 15 is 0 Å². The van der Waals surface area contributed by atoms with Gasteiger partial charge < -0.3 is 0 Å². The van der Waals surface area contributed by atoms with Crippen LogP contribution in [0.2, 0.25) is 0 Å². The first-order valence-electron chi connectivity index (χ1n) is 7.11. The highest BCUT2D eigenvalue weighted by Crippen LogP contribution is 2.41. The van der Waals surface area contributed by atoms with E-state index in [2.05, 4.69) is 41.6 Å². The van der Waals surface area contributed by atoms with Crippen LogP contribution in [0.25, 0.3) is 10.9 Å². The number of hydrogen-bond donors (Lipinski definition) is 2. The predicted molar refractivity (Wildman–Crippen MR) is 78.3 cm³/mol. The third-order valence-electron chi connectivity index (χ3n) is 4.55. The van der Waals surface area contributed by atoms with Crippen molar-refractivity contribution in [3.8, 4) is 0 Å². The highest BCUT2D eigenvalue weighted by atomic mass is 15.2. The van der Waals surface area contributed by atoms with Gasteiger partial charge in [-0.15, -0.1) is 0 Å². The van der Waals surface area contributed by atoms with Gasteiger partial charge in [-0.2, -0.15) is 0 Å². The first-order valence-corrected chi connectivity index (χ1v) is 7.11. The van der Waals surface area contributed by atoms with Gasteiger partial charge in [-0.05, 0) is 36.0 Å². The summed E-state index contributed by atoms with van der Waals surface area (Å²) in [6.07, 6.45) is 5.72. The molecule has 1 aromatic heterocycles. The van der Waals surface area contributed by atoms with Crippen LogP contribution in [-0.2, 0) is 0 Å². The minimum atomic E-state index is 0.227. The second-order valence-electron chi connectivity index (χ2n) is 5.63. The molecule has 0 saturated heterocycles. The molecule has 1 aromatic carbocycles. The van der Waals surface area contributed by atoms with E-state index in [1.54, 1.807) is 0 Å². The molecule has 100 valence electrons. The molecule has 0 bridgehead atoms. The zero-order valence-corrected chi connectivity index (χ0v) is 11.3. The lowest BCUT2D eigenvalue weighted by atomic mass is 9.85. The minimum Gasteiger partial charge on any atom is -0.271 e. The Balaban J connectivity index is 2.06. The van der Waals surface area contributed by atoms with Gasteiger partial charge in [0, 0.05) is 17.6 Å². The monoisotopic (exact) mass is 255 g/mol. The largest absolute Gasteiger partial charge is 0.271 e. The van der Waals surface area contributed by atoms with Crippen molar-refractivity contribution >= 4 is 10.9 Å². The van der Waals surface area contributed by atoms with Gasteiger partial charge in [-0.3, -0.25) is 16.3 Å². The van der Waals surface area contributed by atoms with Crippen molar-refractivity contribution in [2.24, 2.45) is 17.7 Å². The summed E-state index contributed by atoms with van der Waals surface area (Å²) >= 11 is 0. The quantitative estimate of drug-likeness (QED) is 0.654. The van der Waals surface area contributed by atoms with Crippen molar-refractivity contribution in [1.29, 1.82) is 0 Å². The number of rotatable bonds is 3. The average molecular weight is 255 g/mol. The van der Waals surface area contributed by atoms with Gasteiger partial charge in [-0.1, -0.05) is 38.0 Å². The Morgan fingerprint density at radius 3 is 2.89 bits per heavy atom. The number of nitrogens with two attached hydrogens (primary N) is 1. The summed E-state index contributed by atoms with van der Waals surface area (Å²) in [5, 5.41) is 1.21. The molecule has 1 fully saturated rings. The fraction of sp³-hybridized carbons (Fsp3) is 0.438. The normalized spacial score (nSPS) is 24.7. The molecular weight excluding hydrogens is 234 g/mol. The second-order valence-corrected chi connectivity index (χ2v) is 5.63. The smallest absolute Gasteiger partial charge is 0.0705 e. The number of hydrazine groups is 1. The lowest BCUT2D eigenvalue weighted by Gasteiger charge is -2.27. The molecule has 3 heteroatoms. The summed E-state index contributed by atoms with van der Waals surface area (Å²) in [4.78, 5) is 4.44. The summed E-state index contributed by atoms with van der Waals surface area (Å²) in [6, 6.07) is 10.7. The maximum atomic E-state index is 5.87. The van der Waals surface area contributed by atoms with E-state index in [1.807, 2.05) is 12.3 Å². The van der Waals surface area contributed by atoms with Crippen LogP contribution in [0.4, 0.5) is 0 Å². The second kappa shape index (κ2) is 5.27. The summed E-state index contributed by atoms with van der Waals surface area (Å²) in [7, 11) is 0. The molecule has 3 nitrogen and oxygen atoms in total. The number of benzene rings is 1. The van der Waals surface area contributed by atoms with Crippen molar-refractivity contribution in [1.82, 2.24) is 10.4 Å². The van der Waals surface area contributed by atoms with Crippen molar-refractivity contribution in [2.75, 3.05) is 0 Å². The summed E-state index contributed by atoms with van der Waals surface area (Å²) in [5.41, 5.74) is 5.39. The summed E-state index contributed by atoms with van der Waals surface area (Å²) in [6.45, 7) is 2.34. The molecule has 1 aliphatic rings. The molecular formula is C16H21N3. The Bertz CT molecular complexity index is 561. The SMILES string of the molecule is CC1CCCC1C(NN)c1cccc2ncccc12. The maximum Gasteiger partial charge on any atom is 0.0705 e. The number of fused-ring (bicyclic) bond motifs is 1. The van der Waals surface area contributed by atoms with Crippen molar-refractivity contribution in [3.63, 3.8) is 0 Å². The predicted octanol–water partition coefficient (Wildman–Crippen LogP) is 3.18. The lowest BCUT2D eigenvalue weighted by Crippen LogP contribution is -2.34. The molecule has 0 spiro atoms. The first-order chi connectivity index (χ1) is 9.31. The Morgan fingerprint density at radius 2 is 2.16 bits per heavy atom. The average Bonchev–Trinajstić information content (AvgIpc) is 2.86. The molecule has 1 aliphatic carbocycles. The van der Waals surface area contributed by atoms with Crippen molar-refractivity contribution < 1.29 is 0 Å². The molecule has 19 heavy (non-hydrogen) atoms. The van der Waals surface area contributed by atoms with Gasteiger partial charge in [0.1, 0.15) is 0 Å². The topological polar surface area (TPSA) is 50.9 Å². The molecule has 0 radical (unpaired) electrons. The van der Waals surface area contributed by atoms with Crippen LogP contribution in [0.15, 0.2) is 36.5 Å². The zero-order valence-electron chi connectivity index (χ0n) is 11.3. The molecule has 1 saturated carbocycles. The van der Waals surface area contributed by atoms with E-state index in [4.69, 9.17) is 5.84 Å². The van der Waals surface area contributed by atoms with Crippen molar-refractivity contribution in [3.05, 3.63) is 42.1 Å². The Morgan fingerprint density at radius 1 is 1.26 bits per heavy atom. The zero-order chi connectivity index (χ0) is 13.2. The summed E-state index contributed by atoms with van der Waals surface area (Å²) in [5.74, 6) is 7.22. The van der Waals surface area contributed by atoms with E-state index in [9.17, 15) is 0 Å². The van der Waals surface area contributed by atoms with Crippen LogP contribution in [0.1, 0.15) is 37.8 Å². The molecule has 2 aromatic rings. The molecule has 0 amide bonds. The van der Waals surface area contributed by atoms with E-state index in [0.717, 1.165) is 11.4 Å². The molecule has 0 aliphatic heterocycles. The first kappa shape index (κ1) is 12.6. The van der Waals surface area contributed by atoms with E-state index in [-0.39, 0.29) is 6.04 Å². The van der Waals surface area contributed by atoms with Crippen LogP contribution >= 0.6 is 0 Å². The van der Waals surface area contributed by atoms with Crippen LogP contribution in [-0.4, -0.2) is 4.98 Å². The Hall–Kier alpha value is -1.45. The lowest BCUT2D eigenvalue weighted by molar-refractivity contribution is 0.306. The number of nitrogens with one attached hydrogen (secondary N) is 1. The van der Waals surface area contributed by atoms with Crippen LogP contribution in [0, 0.1) is 11.8 Å². The van der Waals surface area contributed by atoms with Crippen LogP contribution in [0.5, 0.6) is 0 Å². The molecule has 3 rings (SSSR count). The van der Waals surface area contributed by atoms with Gasteiger partial charge in [0.2, 0.25) is 0 Å². The van der Waals surface area contributed by atoms with E-state index in [1.165, 1.54) is 30.2 Å².